The van der Waals surface area contributed by atoms with Gasteiger partial charge in [0.05, 0.1) is 12.8 Å². The summed E-state index contributed by atoms with van der Waals surface area (Å²) in [6.07, 6.45) is 1.31. The van der Waals surface area contributed by atoms with E-state index in [1.165, 1.54) is 12.1 Å². The standard InChI is InChI=1S/C12H13BrFN3O/c1-18-10-5-3-8(14)6-7(10)2-4-9-11(13)17-12(15)16-9/h3,5-6H,2,4H2,1H3,(H3,15,16,17). The van der Waals surface area contributed by atoms with Crippen LogP contribution in [0, 0.1) is 5.82 Å². The summed E-state index contributed by atoms with van der Waals surface area (Å²) >= 11 is 3.31. The number of nitrogen functional groups attached to an aromatic ring is 1. The number of benzene rings is 1. The molecule has 0 atom stereocenters. The molecule has 0 unspecified atom stereocenters. The molecule has 2 aromatic rings. The Morgan fingerprint density at radius 2 is 2.22 bits per heavy atom. The number of methoxy groups -OCH3 is 1. The van der Waals surface area contributed by atoms with Gasteiger partial charge in [-0.1, -0.05) is 0 Å². The molecular weight excluding hydrogens is 301 g/mol. The number of aromatic nitrogens is 2. The molecule has 1 aromatic heterocycles. The van der Waals surface area contributed by atoms with Gasteiger partial charge in [-0.25, -0.2) is 9.37 Å². The lowest BCUT2D eigenvalue weighted by atomic mass is 10.1. The zero-order chi connectivity index (χ0) is 13.1. The van der Waals surface area contributed by atoms with Crippen molar-refractivity contribution in [1.82, 2.24) is 9.97 Å². The van der Waals surface area contributed by atoms with Crippen molar-refractivity contribution in [3.8, 4) is 5.75 Å². The second kappa shape index (κ2) is 5.39. The molecule has 18 heavy (non-hydrogen) atoms. The summed E-state index contributed by atoms with van der Waals surface area (Å²) in [5, 5.41) is 0. The molecular formula is C12H13BrFN3O. The first-order valence-electron chi connectivity index (χ1n) is 5.42. The fourth-order valence-electron chi connectivity index (χ4n) is 1.78. The summed E-state index contributed by atoms with van der Waals surface area (Å²) < 4.78 is 19.1. The Kier molecular flexibility index (Phi) is 3.86. The molecule has 6 heteroatoms. The van der Waals surface area contributed by atoms with Crippen LogP contribution in [0.2, 0.25) is 0 Å². The minimum atomic E-state index is -0.269. The molecule has 1 heterocycles. The van der Waals surface area contributed by atoms with Gasteiger partial charge in [-0.05, 0) is 52.5 Å². The fraction of sp³-hybridized carbons (Fsp3) is 0.250. The summed E-state index contributed by atoms with van der Waals surface area (Å²) in [5.41, 5.74) is 7.25. The maximum absolute atomic E-state index is 13.2. The molecule has 2 rings (SSSR count). The van der Waals surface area contributed by atoms with Gasteiger partial charge in [0.1, 0.15) is 16.2 Å². The Balaban J connectivity index is 2.14. The van der Waals surface area contributed by atoms with Crippen LogP contribution in [0.15, 0.2) is 22.8 Å². The minimum absolute atomic E-state index is 0.269. The molecule has 0 aliphatic heterocycles. The van der Waals surface area contributed by atoms with Crippen LogP contribution in [-0.2, 0) is 12.8 Å². The zero-order valence-electron chi connectivity index (χ0n) is 9.84. The Morgan fingerprint density at radius 3 is 2.83 bits per heavy atom. The molecule has 0 fully saturated rings. The first kappa shape index (κ1) is 12.9. The molecule has 96 valence electrons. The molecule has 0 aliphatic rings. The summed E-state index contributed by atoms with van der Waals surface area (Å²) in [5.74, 6) is 0.775. The Hall–Kier alpha value is -1.56. The van der Waals surface area contributed by atoms with Crippen molar-refractivity contribution in [2.75, 3.05) is 12.8 Å². The average Bonchev–Trinajstić information content (AvgIpc) is 2.65. The molecule has 0 saturated heterocycles. The predicted molar refractivity (Wildman–Crippen MR) is 71.1 cm³/mol. The monoisotopic (exact) mass is 313 g/mol. The largest absolute Gasteiger partial charge is 0.496 e. The first-order chi connectivity index (χ1) is 8.60. The quantitative estimate of drug-likeness (QED) is 0.912. The number of ether oxygens (including phenoxy) is 1. The second-order valence-corrected chi connectivity index (χ2v) is 4.60. The van der Waals surface area contributed by atoms with Crippen molar-refractivity contribution >= 4 is 21.9 Å². The van der Waals surface area contributed by atoms with Crippen molar-refractivity contribution in [2.24, 2.45) is 0 Å². The normalized spacial score (nSPS) is 10.6. The van der Waals surface area contributed by atoms with Crippen LogP contribution in [0.1, 0.15) is 11.3 Å². The lowest BCUT2D eigenvalue weighted by Crippen LogP contribution is -1.97. The van der Waals surface area contributed by atoms with E-state index in [9.17, 15) is 4.39 Å². The third-order valence-electron chi connectivity index (χ3n) is 2.63. The number of H-pyrrole nitrogens is 1. The molecule has 1 aromatic carbocycles. The number of nitrogens with two attached hydrogens (primary N) is 1. The van der Waals surface area contributed by atoms with E-state index in [0.717, 1.165) is 11.3 Å². The number of halogens is 2. The summed E-state index contributed by atoms with van der Waals surface area (Å²) in [7, 11) is 1.57. The van der Waals surface area contributed by atoms with Gasteiger partial charge in [-0.15, -0.1) is 0 Å². The van der Waals surface area contributed by atoms with Gasteiger partial charge in [0.2, 0.25) is 0 Å². The van der Waals surface area contributed by atoms with E-state index in [-0.39, 0.29) is 5.82 Å². The number of aromatic amines is 1. The average molecular weight is 314 g/mol. The van der Waals surface area contributed by atoms with Gasteiger partial charge < -0.3 is 15.5 Å². The summed E-state index contributed by atoms with van der Waals surface area (Å²) in [4.78, 5) is 6.97. The number of hydrogen-bond acceptors (Lipinski definition) is 3. The molecule has 0 bridgehead atoms. The Morgan fingerprint density at radius 1 is 1.44 bits per heavy atom. The van der Waals surface area contributed by atoms with Gasteiger partial charge in [0, 0.05) is 0 Å². The molecule has 4 nitrogen and oxygen atoms in total. The molecule has 0 radical (unpaired) electrons. The maximum atomic E-state index is 13.2. The number of aryl methyl sites for hydroxylation is 2. The predicted octanol–water partition coefficient (Wildman–Crippen LogP) is 2.69. The topological polar surface area (TPSA) is 63.9 Å². The number of rotatable bonds is 4. The maximum Gasteiger partial charge on any atom is 0.198 e. The second-order valence-electron chi connectivity index (χ2n) is 3.85. The third-order valence-corrected chi connectivity index (χ3v) is 3.29. The van der Waals surface area contributed by atoms with E-state index in [2.05, 4.69) is 25.9 Å². The van der Waals surface area contributed by atoms with Crippen LogP contribution in [0.3, 0.4) is 0 Å². The van der Waals surface area contributed by atoms with Gasteiger partial charge >= 0.3 is 0 Å². The highest BCUT2D eigenvalue weighted by atomic mass is 79.9. The molecule has 0 aliphatic carbocycles. The van der Waals surface area contributed by atoms with E-state index in [4.69, 9.17) is 10.5 Å². The molecule has 0 amide bonds. The van der Waals surface area contributed by atoms with Gasteiger partial charge in [0.15, 0.2) is 5.95 Å². The van der Waals surface area contributed by atoms with Crippen LogP contribution < -0.4 is 10.5 Å². The number of nitrogens with one attached hydrogen (secondary N) is 1. The molecule has 3 N–H and O–H groups in total. The number of nitrogens with zero attached hydrogens (tertiary/aromatic N) is 1. The number of anilines is 1. The van der Waals surface area contributed by atoms with E-state index in [1.807, 2.05) is 0 Å². The van der Waals surface area contributed by atoms with E-state index >= 15 is 0 Å². The van der Waals surface area contributed by atoms with Crippen LogP contribution in [0.25, 0.3) is 0 Å². The lowest BCUT2D eigenvalue weighted by molar-refractivity contribution is 0.408. The van der Waals surface area contributed by atoms with Gasteiger partial charge in [-0.3, -0.25) is 0 Å². The fourth-order valence-corrected chi connectivity index (χ4v) is 2.26. The van der Waals surface area contributed by atoms with Crippen LogP contribution >= 0.6 is 15.9 Å². The summed E-state index contributed by atoms with van der Waals surface area (Å²) in [6.45, 7) is 0. The van der Waals surface area contributed by atoms with Crippen molar-refractivity contribution in [1.29, 1.82) is 0 Å². The highest BCUT2D eigenvalue weighted by Crippen LogP contribution is 2.23. The first-order valence-corrected chi connectivity index (χ1v) is 6.21. The number of hydrogen-bond donors (Lipinski definition) is 2. The Bertz CT molecular complexity index is 556. The van der Waals surface area contributed by atoms with E-state index in [1.54, 1.807) is 13.2 Å². The number of imidazole rings is 1. The van der Waals surface area contributed by atoms with Crippen molar-refractivity contribution in [3.05, 3.63) is 39.9 Å². The third kappa shape index (κ3) is 2.81. The Labute approximate surface area is 112 Å². The van der Waals surface area contributed by atoms with Gasteiger partial charge in [-0.2, -0.15) is 0 Å². The lowest BCUT2D eigenvalue weighted by Gasteiger charge is -2.07. The highest BCUT2D eigenvalue weighted by Gasteiger charge is 2.09. The van der Waals surface area contributed by atoms with Crippen LogP contribution in [-0.4, -0.2) is 17.1 Å². The van der Waals surface area contributed by atoms with E-state index in [0.29, 0.717) is 29.1 Å². The van der Waals surface area contributed by atoms with Gasteiger partial charge in [0.25, 0.3) is 0 Å². The molecule has 0 saturated carbocycles. The SMILES string of the molecule is COc1ccc(F)cc1CCc1[nH]c(N)nc1Br. The minimum Gasteiger partial charge on any atom is -0.496 e. The van der Waals surface area contributed by atoms with Crippen molar-refractivity contribution in [3.63, 3.8) is 0 Å². The van der Waals surface area contributed by atoms with Crippen LogP contribution in [0.4, 0.5) is 10.3 Å². The van der Waals surface area contributed by atoms with Crippen molar-refractivity contribution < 1.29 is 9.13 Å². The van der Waals surface area contributed by atoms with Crippen LogP contribution in [0.5, 0.6) is 5.75 Å². The van der Waals surface area contributed by atoms with Crippen molar-refractivity contribution in [2.45, 2.75) is 12.8 Å². The zero-order valence-corrected chi connectivity index (χ0v) is 11.4. The smallest absolute Gasteiger partial charge is 0.198 e. The highest BCUT2D eigenvalue weighted by molar-refractivity contribution is 9.10. The summed E-state index contributed by atoms with van der Waals surface area (Å²) in [6, 6.07) is 4.49. The molecule has 0 spiro atoms. The van der Waals surface area contributed by atoms with E-state index < -0.39 is 0 Å².